The van der Waals surface area contributed by atoms with Crippen LogP contribution in [0.4, 0.5) is 5.69 Å². The molecule has 0 unspecified atom stereocenters. The first kappa shape index (κ1) is 23.5. The summed E-state index contributed by atoms with van der Waals surface area (Å²) in [4.78, 5) is 28.4. The molecule has 0 radical (unpaired) electrons. The quantitative estimate of drug-likeness (QED) is 0.261. The Labute approximate surface area is 208 Å². The molecule has 1 amide bonds. The summed E-state index contributed by atoms with van der Waals surface area (Å²) in [6, 6.07) is 23.9. The highest BCUT2D eigenvalue weighted by Gasteiger charge is 2.40. The van der Waals surface area contributed by atoms with Crippen LogP contribution in [0, 0.1) is 0 Å². The van der Waals surface area contributed by atoms with Gasteiger partial charge in [0, 0.05) is 10.6 Å². The number of hydrogen-bond donors (Lipinski definition) is 0. The van der Waals surface area contributed by atoms with Crippen molar-refractivity contribution in [3.05, 3.63) is 101 Å². The van der Waals surface area contributed by atoms with Gasteiger partial charge in [-0.3, -0.25) is 14.5 Å². The second-order valence-electron chi connectivity index (χ2n) is 7.40. The van der Waals surface area contributed by atoms with E-state index in [0.717, 1.165) is 5.56 Å². The molecule has 0 atom stereocenters. The zero-order chi connectivity index (χ0) is 24.1. The van der Waals surface area contributed by atoms with Crippen LogP contribution in [0.15, 0.2) is 84.6 Å². The van der Waals surface area contributed by atoms with Crippen LogP contribution in [0.25, 0.3) is 6.08 Å². The number of anilines is 1. The maximum atomic E-state index is 13.5. The molecular formula is C26H21ClN2O4S. The third kappa shape index (κ3) is 5.11. The highest BCUT2D eigenvalue weighted by Crippen LogP contribution is 2.31. The maximum absolute atomic E-state index is 13.5. The molecular weight excluding hydrogens is 472 g/mol. The van der Waals surface area contributed by atoms with Crippen LogP contribution in [0.3, 0.4) is 0 Å². The fourth-order valence-electron chi connectivity index (χ4n) is 3.46. The number of ether oxygens (including phenoxy) is 2. The van der Waals surface area contributed by atoms with E-state index in [4.69, 9.17) is 33.3 Å². The first-order chi connectivity index (χ1) is 16.5. The Morgan fingerprint density at radius 1 is 1.00 bits per heavy atom. The molecule has 0 aliphatic carbocycles. The summed E-state index contributed by atoms with van der Waals surface area (Å²) in [5.41, 5.74) is 2.48. The molecule has 1 aliphatic heterocycles. The molecule has 3 aromatic rings. The molecule has 8 heteroatoms. The minimum Gasteiger partial charge on any atom is -0.488 e. The predicted molar refractivity (Wildman–Crippen MR) is 135 cm³/mol. The molecule has 1 heterocycles. The normalized spacial score (nSPS) is 14.6. The molecule has 0 N–H and O–H groups in total. The molecule has 4 rings (SSSR count). The zero-order valence-electron chi connectivity index (χ0n) is 18.3. The number of carbonyl (C=O) groups is 2. The highest BCUT2D eigenvalue weighted by atomic mass is 35.5. The van der Waals surface area contributed by atoms with Gasteiger partial charge in [0.1, 0.15) is 24.6 Å². The topological polar surface area (TPSA) is 59.1 Å². The minimum atomic E-state index is -0.521. The Bertz CT molecular complexity index is 1250. The predicted octanol–water partition coefficient (Wildman–Crippen LogP) is 5.07. The van der Waals surface area contributed by atoms with E-state index in [1.54, 1.807) is 30.3 Å². The summed E-state index contributed by atoms with van der Waals surface area (Å²) in [5, 5.41) is 0.708. The van der Waals surface area contributed by atoms with E-state index in [1.807, 2.05) is 54.6 Å². The van der Waals surface area contributed by atoms with Gasteiger partial charge in [-0.1, -0.05) is 60.1 Å². The molecule has 1 aliphatic rings. The van der Waals surface area contributed by atoms with Gasteiger partial charge in [-0.05, 0) is 54.2 Å². The SMILES string of the molecule is COC(=O)CN1C(=S)N(c2ccc(Cl)cc2)C(=O)/C1=C/c1ccccc1OCc1ccccc1. The van der Waals surface area contributed by atoms with Crippen LogP contribution < -0.4 is 9.64 Å². The third-order valence-electron chi connectivity index (χ3n) is 5.18. The van der Waals surface area contributed by atoms with Crippen molar-refractivity contribution in [2.24, 2.45) is 0 Å². The number of para-hydroxylation sites is 1. The highest BCUT2D eigenvalue weighted by molar-refractivity contribution is 7.80. The summed E-state index contributed by atoms with van der Waals surface area (Å²) in [6.45, 7) is 0.167. The third-order valence-corrected chi connectivity index (χ3v) is 5.84. The Morgan fingerprint density at radius 3 is 2.38 bits per heavy atom. The number of amides is 1. The first-order valence-corrected chi connectivity index (χ1v) is 11.2. The van der Waals surface area contributed by atoms with Gasteiger partial charge in [-0.15, -0.1) is 0 Å². The smallest absolute Gasteiger partial charge is 0.325 e. The number of halogens is 1. The van der Waals surface area contributed by atoms with Crippen molar-refractivity contribution < 1.29 is 19.1 Å². The number of thiocarbonyl (C=S) groups is 1. The lowest BCUT2D eigenvalue weighted by Gasteiger charge is -2.19. The molecule has 172 valence electrons. The van der Waals surface area contributed by atoms with Gasteiger partial charge in [0.05, 0.1) is 12.8 Å². The Balaban J connectivity index is 1.69. The maximum Gasteiger partial charge on any atom is 0.325 e. The van der Waals surface area contributed by atoms with E-state index in [1.165, 1.54) is 16.9 Å². The lowest BCUT2D eigenvalue weighted by molar-refractivity contribution is -0.140. The van der Waals surface area contributed by atoms with Crippen LogP contribution in [-0.2, 0) is 20.9 Å². The number of carbonyl (C=O) groups excluding carboxylic acids is 2. The molecule has 0 spiro atoms. The number of benzene rings is 3. The lowest BCUT2D eigenvalue weighted by atomic mass is 10.1. The molecule has 34 heavy (non-hydrogen) atoms. The van der Waals surface area contributed by atoms with Gasteiger partial charge in [-0.2, -0.15) is 0 Å². The summed E-state index contributed by atoms with van der Waals surface area (Å²) < 4.78 is 10.9. The zero-order valence-corrected chi connectivity index (χ0v) is 19.9. The minimum absolute atomic E-state index is 0.173. The van der Waals surface area contributed by atoms with E-state index in [-0.39, 0.29) is 23.3 Å². The molecule has 0 bridgehead atoms. The largest absolute Gasteiger partial charge is 0.488 e. The van der Waals surface area contributed by atoms with E-state index in [0.29, 0.717) is 28.6 Å². The Morgan fingerprint density at radius 2 is 1.68 bits per heavy atom. The average molecular weight is 493 g/mol. The lowest BCUT2D eigenvalue weighted by Crippen LogP contribution is -2.35. The van der Waals surface area contributed by atoms with Gasteiger partial charge >= 0.3 is 5.97 Å². The summed E-state index contributed by atoms with van der Waals surface area (Å²) in [5.74, 6) is -0.290. The monoisotopic (exact) mass is 492 g/mol. The van der Waals surface area contributed by atoms with Gasteiger partial charge in [-0.25, -0.2) is 0 Å². The van der Waals surface area contributed by atoms with Crippen molar-refractivity contribution in [1.29, 1.82) is 0 Å². The average Bonchev–Trinajstić information content (AvgIpc) is 3.08. The molecule has 1 fully saturated rings. The van der Waals surface area contributed by atoms with Crippen LogP contribution in [0.2, 0.25) is 5.02 Å². The number of methoxy groups -OCH3 is 1. The fraction of sp³-hybridized carbons (Fsp3) is 0.115. The van der Waals surface area contributed by atoms with Crippen molar-refractivity contribution in [2.45, 2.75) is 6.61 Å². The van der Waals surface area contributed by atoms with E-state index in [2.05, 4.69) is 0 Å². The molecule has 3 aromatic carbocycles. The van der Waals surface area contributed by atoms with Gasteiger partial charge < -0.3 is 14.4 Å². The van der Waals surface area contributed by atoms with E-state index in [9.17, 15) is 9.59 Å². The van der Waals surface area contributed by atoms with Gasteiger partial charge in [0.15, 0.2) is 5.11 Å². The van der Waals surface area contributed by atoms with Crippen molar-refractivity contribution >= 4 is 52.6 Å². The standard InChI is InChI=1S/C26H21ClN2O4S/c1-32-24(30)16-28-22(25(31)29(26(28)34)21-13-11-20(27)12-14-21)15-19-9-5-6-10-23(19)33-17-18-7-3-2-4-8-18/h2-15H,16-17H2,1H3/b22-15-. The van der Waals surface area contributed by atoms with Crippen LogP contribution in [-0.4, -0.2) is 35.5 Å². The van der Waals surface area contributed by atoms with Crippen LogP contribution in [0.1, 0.15) is 11.1 Å². The Hall–Kier alpha value is -3.68. The van der Waals surface area contributed by atoms with Crippen molar-refractivity contribution in [1.82, 2.24) is 4.90 Å². The molecule has 1 saturated heterocycles. The van der Waals surface area contributed by atoms with Crippen LogP contribution >= 0.6 is 23.8 Å². The van der Waals surface area contributed by atoms with Gasteiger partial charge in [0.25, 0.3) is 5.91 Å². The second kappa shape index (κ2) is 10.5. The van der Waals surface area contributed by atoms with Crippen LogP contribution in [0.5, 0.6) is 5.75 Å². The number of esters is 1. The van der Waals surface area contributed by atoms with E-state index < -0.39 is 5.97 Å². The number of nitrogens with zero attached hydrogens (tertiary/aromatic N) is 2. The molecule has 6 nitrogen and oxygen atoms in total. The summed E-state index contributed by atoms with van der Waals surface area (Å²) >= 11 is 11.6. The number of rotatable bonds is 7. The Kier molecular flexibility index (Phi) is 7.25. The number of hydrogen-bond acceptors (Lipinski definition) is 5. The van der Waals surface area contributed by atoms with Crippen molar-refractivity contribution in [3.63, 3.8) is 0 Å². The summed E-state index contributed by atoms with van der Waals surface area (Å²) in [7, 11) is 1.29. The summed E-state index contributed by atoms with van der Waals surface area (Å²) in [6.07, 6.45) is 1.67. The van der Waals surface area contributed by atoms with Crippen molar-refractivity contribution in [3.8, 4) is 5.75 Å². The van der Waals surface area contributed by atoms with Gasteiger partial charge in [0.2, 0.25) is 0 Å². The molecule has 0 saturated carbocycles. The molecule has 0 aromatic heterocycles. The van der Waals surface area contributed by atoms with Crippen molar-refractivity contribution in [2.75, 3.05) is 18.6 Å². The fourth-order valence-corrected chi connectivity index (χ4v) is 3.94. The second-order valence-corrected chi connectivity index (χ2v) is 8.21. The van der Waals surface area contributed by atoms with E-state index >= 15 is 0 Å². The first-order valence-electron chi connectivity index (χ1n) is 10.4.